The molecule has 144 valence electrons. The van der Waals surface area contributed by atoms with Gasteiger partial charge in [0.05, 0.1) is 11.3 Å². The summed E-state index contributed by atoms with van der Waals surface area (Å²) < 4.78 is 35.0. The van der Waals surface area contributed by atoms with E-state index < -0.39 is 15.1 Å². The van der Waals surface area contributed by atoms with Crippen LogP contribution >= 0.6 is 0 Å². The molecule has 2 aliphatic rings. The van der Waals surface area contributed by atoms with Crippen LogP contribution in [0.4, 0.5) is 4.79 Å². The molecule has 0 bridgehead atoms. The van der Waals surface area contributed by atoms with Gasteiger partial charge in [0.1, 0.15) is 13.2 Å². The van der Waals surface area contributed by atoms with Crippen molar-refractivity contribution in [3.05, 3.63) is 23.8 Å². The average Bonchev–Trinajstić information content (AvgIpc) is 2.60. The van der Waals surface area contributed by atoms with Gasteiger partial charge in [0, 0.05) is 12.3 Å². The van der Waals surface area contributed by atoms with E-state index in [9.17, 15) is 13.2 Å². The first-order valence-electron chi connectivity index (χ1n) is 9.00. The molecular weight excluding hydrogens is 356 g/mol. The second kappa shape index (κ2) is 7.73. The predicted octanol–water partition coefficient (Wildman–Crippen LogP) is 2.17. The third-order valence-corrected chi connectivity index (χ3v) is 6.65. The molecule has 1 saturated carbocycles. The molecule has 26 heavy (non-hydrogen) atoms. The summed E-state index contributed by atoms with van der Waals surface area (Å²) in [5.74, 6) is 1.38. The fraction of sp³-hybridized carbons (Fsp3) is 0.611. The fourth-order valence-electron chi connectivity index (χ4n) is 3.59. The summed E-state index contributed by atoms with van der Waals surface area (Å²) in [5.41, 5.74) is 0.896. The molecule has 7 nitrogen and oxygen atoms in total. The quantitative estimate of drug-likeness (QED) is 0.832. The second-order valence-corrected chi connectivity index (χ2v) is 9.27. The molecule has 1 aliphatic carbocycles. The Morgan fingerprint density at radius 3 is 2.58 bits per heavy atom. The third kappa shape index (κ3) is 4.41. The molecule has 2 N–H and O–H groups in total. The van der Waals surface area contributed by atoms with Crippen molar-refractivity contribution in [3.8, 4) is 11.5 Å². The minimum atomic E-state index is -3.18. The molecular formula is C18H26N2O5S. The number of carbonyl (C=O) groups excluding carboxylic acids is 1. The number of sulfone groups is 1. The highest BCUT2D eigenvalue weighted by Gasteiger charge is 2.33. The molecule has 8 heteroatoms. The number of urea groups is 1. The number of hydrogen-bond acceptors (Lipinski definition) is 5. The number of rotatable bonds is 4. The number of carbonyl (C=O) groups is 1. The Kier molecular flexibility index (Phi) is 5.60. The van der Waals surface area contributed by atoms with Crippen LogP contribution in [0.1, 0.15) is 44.2 Å². The Hall–Kier alpha value is -1.96. The molecule has 1 fully saturated rings. The van der Waals surface area contributed by atoms with Gasteiger partial charge in [-0.2, -0.15) is 0 Å². The molecule has 1 aromatic rings. The van der Waals surface area contributed by atoms with Crippen molar-refractivity contribution in [3.63, 3.8) is 0 Å². The maximum absolute atomic E-state index is 12.4. The standard InChI is InChI=1S/C18H26N2O5S/c1-12(13-7-8-15-16(11-13)25-10-9-24-15)19-18(21)20-14-5-3-4-6-17(14)26(2,22)23/h7-8,11-12,14,17H,3-6,9-10H2,1-2H3,(H2,19,20,21)/t12-,14-,17-/m1/s1. The first-order valence-corrected chi connectivity index (χ1v) is 11.0. The largest absolute Gasteiger partial charge is 0.486 e. The van der Waals surface area contributed by atoms with Crippen molar-refractivity contribution in [1.29, 1.82) is 0 Å². The van der Waals surface area contributed by atoms with E-state index in [4.69, 9.17) is 9.47 Å². The number of benzene rings is 1. The van der Waals surface area contributed by atoms with E-state index in [-0.39, 0.29) is 18.1 Å². The fourth-order valence-corrected chi connectivity index (χ4v) is 4.99. The summed E-state index contributed by atoms with van der Waals surface area (Å²) in [4.78, 5) is 12.4. The van der Waals surface area contributed by atoms with Crippen LogP contribution in [0.2, 0.25) is 0 Å². The van der Waals surface area contributed by atoms with E-state index in [2.05, 4.69) is 10.6 Å². The van der Waals surface area contributed by atoms with Crippen LogP contribution in [0.3, 0.4) is 0 Å². The molecule has 0 aromatic heterocycles. The number of hydrogen-bond donors (Lipinski definition) is 2. The van der Waals surface area contributed by atoms with Gasteiger partial charge in [0.2, 0.25) is 0 Å². The molecule has 0 saturated heterocycles. The SMILES string of the molecule is C[C@@H](NC(=O)N[C@@H]1CCCC[C@H]1S(C)(=O)=O)c1ccc2c(c1)OCCO2. The lowest BCUT2D eigenvalue weighted by Gasteiger charge is -2.31. The lowest BCUT2D eigenvalue weighted by molar-refractivity contribution is 0.171. The lowest BCUT2D eigenvalue weighted by Crippen LogP contribution is -2.51. The summed E-state index contributed by atoms with van der Waals surface area (Å²) >= 11 is 0. The van der Waals surface area contributed by atoms with Crippen LogP contribution in [0.15, 0.2) is 18.2 Å². The smallest absolute Gasteiger partial charge is 0.315 e. The van der Waals surface area contributed by atoms with Crippen LogP contribution in [0.5, 0.6) is 11.5 Å². The first kappa shape index (κ1) is 18.8. The van der Waals surface area contributed by atoms with E-state index >= 15 is 0 Å². The number of nitrogens with one attached hydrogen (secondary N) is 2. The summed E-state index contributed by atoms with van der Waals surface area (Å²) in [6.45, 7) is 2.92. The topological polar surface area (TPSA) is 93.7 Å². The molecule has 1 aliphatic heterocycles. The number of amides is 2. The van der Waals surface area contributed by atoms with Crippen LogP contribution in [-0.4, -0.2) is 45.2 Å². The van der Waals surface area contributed by atoms with Crippen molar-refractivity contribution < 1.29 is 22.7 Å². The van der Waals surface area contributed by atoms with Crippen molar-refractivity contribution in [2.24, 2.45) is 0 Å². The van der Waals surface area contributed by atoms with Gasteiger partial charge in [-0.15, -0.1) is 0 Å². The Labute approximate surface area is 154 Å². The zero-order valence-electron chi connectivity index (χ0n) is 15.2. The van der Waals surface area contributed by atoms with E-state index in [1.807, 2.05) is 25.1 Å². The number of ether oxygens (including phenoxy) is 2. The maximum Gasteiger partial charge on any atom is 0.315 e. The zero-order valence-corrected chi connectivity index (χ0v) is 16.0. The highest BCUT2D eigenvalue weighted by molar-refractivity contribution is 7.91. The van der Waals surface area contributed by atoms with Crippen LogP contribution in [0, 0.1) is 0 Å². The molecule has 0 unspecified atom stereocenters. The third-order valence-electron chi connectivity index (χ3n) is 4.98. The average molecular weight is 382 g/mol. The van der Waals surface area contributed by atoms with Crippen molar-refractivity contribution >= 4 is 15.9 Å². The Morgan fingerprint density at radius 2 is 1.85 bits per heavy atom. The second-order valence-electron chi connectivity index (χ2n) is 7.00. The summed E-state index contributed by atoms with van der Waals surface area (Å²) in [7, 11) is -3.18. The van der Waals surface area contributed by atoms with E-state index in [1.54, 1.807) is 0 Å². The Morgan fingerprint density at radius 1 is 1.15 bits per heavy atom. The van der Waals surface area contributed by atoms with Gasteiger partial charge >= 0.3 is 6.03 Å². The highest BCUT2D eigenvalue weighted by Crippen LogP contribution is 2.32. The Bertz CT molecular complexity index is 765. The van der Waals surface area contributed by atoms with Crippen molar-refractivity contribution in [2.45, 2.75) is 49.9 Å². The van der Waals surface area contributed by atoms with E-state index in [1.165, 1.54) is 6.26 Å². The van der Waals surface area contributed by atoms with Gasteiger partial charge in [0.25, 0.3) is 0 Å². The molecule has 3 rings (SSSR count). The first-order chi connectivity index (χ1) is 12.3. The van der Waals surface area contributed by atoms with Crippen molar-refractivity contribution in [2.75, 3.05) is 19.5 Å². The van der Waals surface area contributed by atoms with Crippen LogP contribution in [0.25, 0.3) is 0 Å². The van der Waals surface area contributed by atoms with E-state index in [0.717, 1.165) is 18.4 Å². The van der Waals surface area contributed by atoms with Gasteiger partial charge in [-0.1, -0.05) is 18.9 Å². The van der Waals surface area contributed by atoms with Gasteiger partial charge < -0.3 is 20.1 Å². The monoisotopic (exact) mass is 382 g/mol. The van der Waals surface area contributed by atoms with E-state index in [0.29, 0.717) is 37.6 Å². The summed E-state index contributed by atoms with van der Waals surface area (Å²) in [5, 5.41) is 5.23. The zero-order chi connectivity index (χ0) is 18.7. The molecule has 1 aromatic carbocycles. The predicted molar refractivity (Wildman–Crippen MR) is 98.4 cm³/mol. The maximum atomic E-state index is 12.4. The normalized spacial score (nSPS) is 23.8. The summed E-state index contributed by atoms with van der Waals surface area (Å²) in [6.07, 6.45) is 4.33. The Balaban J connectivity index is 1.62. The highest BCUT2D eigenvalue weighted by atomic mass is 32.2. The minimum absolute atomic E-state index is 0.244. The molecule has 0 radical (unpaired) electrons. The number of fused-ring (bicyclic) bond motifs is 1. The molecule has 0 spiro atoms. The van der Waals surface area contributed by atoms with Crippen LogP contribution in [-0.2, 0) is 9.84 Å². The van der Waals surface area contributed by atoms with Crippen molar-refractivity contribution in [1.82, 2.24) is 10.6 Å². The molecule has 3 atom stereocenters. The lowest BCUT2D eigenvalue weighted by atomic mass is 9.95. The van der Waals surface area contributed by atoms with Gasteiger partial charge in [0.15, 0.2) is 21.3 Å². The van der Waals surface area contributed by atoms with Crippen LogP contribution < -0.4 is 20.1 Å². The minimum Gasteiger partial charge on any atom is -0.486 e. The summed E-state index contributed by atoms with van der Waals surface area (Å²) in [6, 6.07) is 4.64. The van der Waals surface area contributed by atoms with Gasteiger partial charge in [-0.25, -0.2) is 13.2 Å². The van der Waals surface area contributed by atoms with Gasteiger partial charge in [-0.3, -0.25) is 0 Å². The molecule has 1 heterocycles. The molecule has 2 amide bonds. The van der Waals surface area contributed by atoms with Gasteiger partial charge in [-0.05, 0) is 37.5 Å².